The zero-order valence-electron chi connectivity index (χ0n) is 12.1. The average Bonchev–Trinajstić information content (AvgIpc) is 2.42. The Hall–Kier alpha value is -1.94. The smallest absolute Gasteiger partial charge is 0.267 e. The van der Waals surface area contributed by atoms with Gasteiger partial charge in [0.1, 0.15) is 0 Å². The Labute approximate surface area is 118 Å². The van der Waals surface area contributed by atoms with Crippen LogP contribution in [0.5, 0.6) is 0 Å². The molecule has 0 aliphatic carbocycles. The van der Waals surface area contributed by atoms with Gasteiger partial charge in [-0.3, -0.25) is 4.79 Å². The lowest BCUT2D eigenvalue weighted by Crippen LogP contribution is -2.25. The fraction of sp³-hybridized carbons (Fsp3) is 0.375. The SMILES string of the molecule is Cc1cnn(CC(O)c2ccc(C(C)C)cc2)c(=O)c1. The molecular weight excluding hydrogens is 252 g/mol. The summed E-state index contributed by atoms with van der Waals surface area (Å²) in [6, 6.07) is 9.34. The molecule has 1 N–H and O–H groups in total. The van der Waals surface area contributed by atoms with E-state index in [1.165, 1.54) is 16.3 Å². The minimum absolute atomic E-state index is 0.167. The van der Waals surface area contributed by atoms with E-state index in [9.17, 15) is 9.90 Å². The molecule has 4 heteroatoms. The van der Waals surface area contributed by atoms with Crippen molar-refractivity contribution in [2.24, 2.45) is 0 Å². The Kier molecular flexibility index (Phi) is 4.35. The van der Waals surface area contributed by atoms with Crippen LogP contribution in [0.4, 0.5) is 0 Å². The van der Waals surface area contributed by atoms with Crippen molar-refractivity contribution in [1.29, 1.82) is 0 Å². The van der Waals surface area contributed by atoms with Gasteiger partial charge < -0.3 is 5.11 Å². The molecule has 1 unspecified atom stereocenters. The Balaban J connectivity index is 2.15. The zero-order valence-corrected chi connectivity index (χ0v) is 12.1. The highest BCUT2D eigenvalue weighted by atomic mass is 16.3. The summed E-state index contributed by atoms with van der Waals surface area (Å²) in [7, 11) is 0. The molecule has 2 rings (SSSR count). The monoisotopic (exact) mass is 272 g/mol. The Bertz CT molecular complexity index is 630. The Morgan fingerprint density at radius 2 is 1.80 bits per heavy atom. The molecule has 0 radical (unpaired) electrons. The third-order valence-corrected chi connectivity index (χ3v) is 3.34. The third-order valence-electron chi connectivity index (χ3n) is 3.34. The van der Waals surface area contributed by atoms with Crippen LogP contribution < -0.4 is 5.56 Å². The van der Waals surface area contributed by atoms with Crippen molar-refractivity contribution in [2.45, 2.75) is 39.3 Å². The van der Waals surface area contributed by atoms with Gasteiger partial charge in [-0.15, -0.1) is 0 Å². The van der Waals surface area contributed by atoms with E-state index in [4.69, 9.17) is 0 Å². The molecule has 0 aliphatic rings. The summed E-state index contributed by atoms with van der Waals surface area (Å²) in [6.07, 6.45) is 0.889. The van der Waals surface area contributed by atoms with Gasteiger partial charge in [0.25, 0.3) is 5.56 Å². The van der Waals surface area contributed by atoms with Crippen molar-refractivity contribution in [3.63, 3.8) is 0 Å². The maximum Gasteiger partial charge on any atom is 0.267 e. The first-order valence-electron chi connectivity index (χ1n) is 6.79. The lowest BCUT2D eigenvalue weighted by molar-refractivity contribution is 0.149. The fourth-order valence-corrected chi connectivity index (χ4v) is 2.03. The summed E-state index contributed by atoms with van der Waals surface area (Å²) in [6.45, 7) is 6.24. The van der Waals surface area contributed by atoms with Crippen LogP contribution in [0, 0.1) is 6.92 Å². The summed E-state index contributed by atoms with van der Waals surface area (Å²) in [5.41, 5.74) is 2.65. The molecule has 1 aromatic heterocycles. The van der Waals surface area contributed by atoms with Crippen LogP contribution in [-0.4, -0.2) is 14.9 Å². The largest absolute Gasteiger partial charge is 0.386 e. The van der Waals surface area contributed by atoms with Crippen molar-refractivity contribution >= 4 is 0 Å². The molecule has 0 amide bonds. The van der Waals surface area contributed by atoms with Gasteiger partial charge in [-0.05, 0) is 29.5 Å². The van der Waals surface area contributed by atoms with E-state index in [2.05, 4.69) is 18.9 Å². The van der Waals surface area contributed by atoms with Gasteiger partial charge in [-0.25, -0.2) is 4.68 Å². The van der Waals surface area contributed by atoms with Crippen molar-refractivity contribution in [1.82, 2.24) is 9.78 Å². The molecule has 0 fully saturated rings. The Morgan fingerprint density at radius 3 is 2.35 bits per heavy atom. The number of aryl methyl sites for hydroxylation is 1. The number of rotatable bonds is 4. The number of aromatic nitrogens is 2. The lowest BCUT2D eigenvalue weighted by Gasteiger charge is -2.13. The highest BCUT2D eigenvalue weighted by Gasteiger charge is 2.10. The lowest BCUT2D eigenvalue weighted by atomic mass is 10.00. The molecule has 0 spiro atoms. The van der Waals surface area contributed by atoms with Gasteiger partial charge >= 0.3 is 0 Å². The Morgan fingerprint density at radius 1 is 1.20 bits per heavy atom. The fourth-order valence-electron chi connectivity index (χ4n) is 2.03. The van der Waals surface area contributed by atoms with E-state index in [0.29, 0.717) is 5.92 Å². The van der Waals surface area contributed by atoms with E-state index in [0.717, 1.165) is 11.1 Å². The quantitative estimate of drug-likeness (QED) is 0.930. The maximum atomic E-state index is 11.7. The molecule has 20 heavy (non-hydrogen) atoms. The predicted octanol–water partition coefficient (Wildman–Crippen LogP) is 2.41. The summed E-state index contributed by atoms with van der Waals surface area (Å²) in [5, 5.41) is 14.2. The molecule has 1 heterocycles. The number of nitrogens with zero attached hydrogens (tertiary/aromatic N) is 2. The van der Waals surface area contributed by atoms with Crippen LogP contribution in [0.25, 0.3) is 0 Å². The van der Waals surface area contributed by atoms with Crippen molar-refractivity contribution < 1.29 is 5.11 Å². The van der Waals surface area contributed by atoms with E-state index < -0.39 is 6.10 Å². The molecule has 0 aliphatic heterocycles. The summed E-state index contributed by atoms with van der Waals surface area (Å²) < 4.78 is 1.29. The van der Waals surface area contributed by atoms with Crippen molar-refractivity contribution in [3.8, 4) is 0 Å². The first-order valence-corrected chi connectivity index (χ1v) is 6.79. The minimum atomic E-state index is -0.732. The number of aliphatic hydroxyl groups is 1. The predicted molar refractivity (Wildman–Crippen MR) is 78.7 cm³/mol. The molecule has 106 valence electrons. The highest BCUT2D eigenvalue weighted by molar-refractivity contribution is 5.26. The van der Waals surface area contributed by atoms with Crippen LogP contribution in [0.2, 0.25) is 0 Å². The van der Waals surface area contributed by atoms with E-state index >= 15 is 0 Å². The average molecular weight is 272 g/mol. The standard InChI is InChI=1S/C16H20N2O2/c1-11(2)13-4-6-14(7-5-13)15(19)10-18-16(20)8-12(3)9-17-18/h4-9,11,15,19H,10H2,1-3H3. The van der Waals surface area contributed by atoms with Crippen LogP contribution in [0.3, 0.4) is 0 Å². The topological polar surface area (TPSA) is 55.1 Å². The van der Waals surface area contributed by atoms with E-state index in [1.54, 1.807) is 6.20 Å². The zero-order chi connectivity index (χ0) is 14.7. The van der Waals surface area contributed by atoms with Gasteiger partial charge in [0.05, 0.1) is 18.8 Å². The summed E-state index contributed by atoms with van der Waals surface area (Å²) >= 11 is 0. The first kappa shape index (κ1) is 14.5. The second-order valence-corrected chi connectivity index (χ2v) is 5.39. The van der Waals surface area contributed by atoms with Crippen LogP contribution >= 0.6 is 0 Å². The van der Waals surface area contributed by atoms with Gasteiger partial charge in [0, 0.05) is 6.07 Å². The molecule has 1 atom stereocenters. The van der Waals surface area contributed by atoms with Gasteiger partial charge in [0.15, 0.2) is 0 Å². The first-order chi connectivity index (χ1) is 9.47. The molecule has 0 bridgehead atoms. The molecule has 2 aromatic rings. The molecular formula is C16H20N2O2. The van der Waals surface area contributed by atoms with Crippen molar-refractivity contribution in [2.75, 3.05) is 0 Å². The second-order valence-electron chi connectivity index (χ2n) is 5.39. The number of hydrogen-bond donors (Lipinski definition) is 1. The number of hydrogen-bond acceptors (Lipinski definition) is 3. The van der Waals surface area contributed by atoms with Crippen LogP contribution in [0.15, 0.2) is 41.3 Å². The number of aliphatic hydroxyl groups excluding tert-OH is 1. The van der Waals surface area contributed by atoms with Gasteiger partial charge in [-0.2, -0.15) is 5.10 Å². The molecule has 0 saturated heterocycles. The third kappa shape index (κ3) is 3.33. The van der Waals surface area contributed by atoms with E-state index in [1.807, 2.05) is 31.2 Å². The molecule has 0 saturated carbocycles. The van der Waals surface area contributed by atoms with Crippen LogP contribution in [0.1, 0.15) is 42.6 Å². The van der Waals surface area contributed by atoms with Gasteiger partial charge in [-0.1, -0.05) is 38.1 Å². The number of benzene rings is 1. The summed E-state index contributed by atoms with van der Waals surface area (Å²) in [5.74, 6) is 0.461. The van der Waals surface area contributed by atoms with E-state index in [-0.39, 0.29) is 12.1 Å². The minimum Gasteiger partial charge on any atom is -0.386 e. The van der Waals surface area contributed by atoms with Gasteiger partial charge in [0.2, 0.25) is 0 Å². The highest BCUT2D eigenvalue weighted by Crippen LogP contribution is 2.19. The molecule has 1 aromatic carbocycles. The normalized spacial score (nSPS) is 12.7. The summed E-state index contributed by atoms with van der Waals surface area (Å²) in [4.78, 5) is 11.7. The maximum absolute atomic E-state index is 11.7. The second kappa shape index (κ2) is 6.01. The van der Waals surface area contributed by atoms with Crippen LogP contribution in [-0.2, 0) is 6.54 Å². The van der Waals surface area contributed by atoms with Crippen molar-refractivity contribution in [3.05, 3.63) is 63.6 Å². The molecule has 4 nitrogen and oxygen atoms in total.